The van der Waals surface area contributed by atoms with Gasteiger partial charge in [0, 0.05) is 26.1 Å². The lowest BCUT2D eigenvalue weighted by Gasteiger charge is -2.39. The van der Waals surface area contributed by atoms with Gasteiger partial charge < -0.3 is 57.7 Å². The van der Waals surface area contributed by atoms with Crippen molar-refractivity contribution < 1.29 is 52.7 Å². The Kier molecular flexibility index (Phi) is 19.0. The molecule has 3 rings (SSSR count). The molecule has 22 nitrogen and oxygen atoms in total. The minimum atomic E-state index is -1.36. The predicted octanol–water partition coefficient (Wildman–Crippen LogP) is -4.75. The molecular formula is C37H59N11O11. The summed E-state index contributed by atoms with van der Waals surface area (Å²) in [6.07, 6.45) is 3.49. The van der Waals surface area contributed by atoms with Gasteiger partial charge >= 0.3 is 0 Å². The van der Waals surface area contributed by atoms with E-state index < -0.39 is 122 Å². The Morgan fingerprint density at radius 3 is 1.66 bits per heavy atom. The molecule has 3 fully saturated rings. The molecule has 2 saturated heterocycles. The van der Waals surface area contributed by atoms with E-state index in [1.54, 1.807) is 6.92 Å². The highest BCUT2D eigenvalue weighted by Crippen LogP contribution is 2.42. The van der Waals surface area contributed by atoms with E-state index in [1.807, 2.05) is 13.8 Å². The molecule has 59 heavy (non-hydrogen) atoms. The van der Waals surface area contributed by atoms with Crippen LogP contribution in [0, 0.1) is 11.8 Å². The first-order valence-electron chi connectivity index (χ1n) is 20.1. The van der Waals surface area contributed by atoms with Crippen LogP contribution in [0.25, 0.3) is 0 Å². The molecule has 1 spiro atoms. The highest BCUT2D eigenvalue weighted by molar-refractivity contribution is 5.98. The molecule has 0 radical (unpaired) electrons. The van der Waals surface area contributed by atoms with Gasteiger partial charge in [0.2, 0.25) is 65.0 Å². The molecule has 328 valence electrons. The van der Waals surface area contributed by atoms with E-state index in [2.05, 4.69) is 47.9 Å². The summed E-state index contributed by atoms with van der Waals surface area (Å²) in [5.74, 6) is -7.19. The number of nitrogens with zero attached hydrogens (tertiary/aromatic N) is 2. The van der Waals surface area contributed by atoms with Crippen LogP contribution in [0.15, 0.2) is 0 Å². The monoisotopic (exact) mass is 833 g/mol. The van der Waals surface area contributed by atoms with Gasteiger partial charge in [0.05, 0.1) is 52.4 Å². The molecule has 11 amide bonds. The number of hydrogen-bond donors (Lipinski definition) is 9. The summed E-state index contributed by atoms with van der Waals surface area (Å²) >= 11 is 0. The first kappa shape index (κ1) is 47.5. The normalized spacial score (nSPS) is 25.8. The highest BCUT2D eigenvalue weighted by Gasteiger charge is 2.52. The van der Waals surface area contributed by atoms with Crippen molar-refractivity contribution in [2.24, 2.45) is 11.8 Å². The van der Waals surface area contributed by atoms with Crippen LogP contribution < -0.4 is 47.9 Å². The average molecular weight is 834 g/mol. The van der Waals surface area contributed by atoms with Crippen molar-refractivity contribution in [2.75, 3.05) is 72.0 Å². The molecule has 0 bridgehead atoms. The van der Waals surface area contributed by atoms with Crippen LogP contribution in [0.4, 0.5) is 0 Å². The Hall–Kier alpha value is -5.83. The second kappa shape index (κ2) is 23.5. The quantitative estimate of drug-likeness (QED) is 0.130. The van der Waals surface area contributed by atoms with Crippen LogP contribution in [-0.4, -0.2) is 158 Å². The number of carbonyl (C=O) groups excluding carboxylic acids is 11. The van der Waals surface area contributed by atoms with E-state index >= 15 is 0 Å². The van der Waals surface area contributed by atoms with Gasteiger partial charge in [-0.05, 0) is 43.9 Å². The van der Waals surface area contributed by atoms with E-state index in [0.29, 0.717) is 38.5 Å². The predicted molar refractivity (Wildman–Crippen MR) is 208 cm³/mol. The first-order valence-corrected chi connectivity index (χ1v) is 20.1. The van der Waals surface area contributed by atoms with Crippen molar-refractivity contribution in [3.8, 4) is 0 Å². The maximum atomic E-state index is 14.0. The fraction of sp³-hybridized carbons (Fsp3) is 0.703. The van der Waals surface area contributed by atoms with Crippen LogP contribution in [0.5, 0.6) is 0 Å². The molecule has 1 aliphatic carbocycles. The summed E-state index contributed by atoms with van der Waals surface area (Å²) in [6, 6.07) is -0.920. The smallest absolute Gasteiger partial charge is 0.246 e. The first-order chi connectivity index (χ1) is 28.1. The van der Waals surface area contributed by atoms with Gasteiger partial charge in [-0.15, -0.1) is 0 Å². The van der Waals surface area contributed by atoms with E-state index in [9.17, 15) is 52.7 Å². The van der Waals surface area contributed by atoms with E-state index in [0.717, 1.165) is 6.42 Å². The third-order valence-electron chi connectivity index (χ3n) is 10.6. The number of hydrogen-bond acceptors (Lipinski definition) is 11. The molecule has 22 heteroatoms. The highest BCUT2D eigenvalue weighted by atomic mass is 16.2. The molecule has 3 aliphatic rings. The molecule has 0 aromatic heterocycles. The average Bonchev–Trinajstić information content (AvgIpc) is 3.89. The van der Waals surface area contributed by atoms with Crippen LogP contribution in [0.1, 0.15) is 72.1 Å². The van der Waals surface area contributed by atoms with Gasteiger partial charge in [-0.25, -0.2) is 0 Å². The molecule has 2 heterocycles. The summed E-state index contributed by atoms with van der Waals surface area (Å²) in [5.41, 5.74) is -1.36. The Bertz CT molecular complexity index is 1610. The Morgan fingerprint density at radius 1 is 0.610 bits per heavy atom. The Balaban J connectivity index is 1.73. The Morgan fingerprint density at radius 2 is 1.12 bits per heavy atom. The van der Waals surface area contributed by atoms with E-state index in [1.165, 1.54) is 9.80 Å². The fourth-order valence-corrected chi connectivity index (χ4v) is 7.34. The van der Waals surface area contributed by atoms with Gasteiger partial charge in [-0.1, -0.05) is 33.6 Å². The third-order valence-corrected chi connectivity index (χ3v) is 10.6. The maximum Gasteiger partial charge on any atom is 0.246 e. The van der Waals surface area contributed by atoms with Crippen LogP contribution in [0.3, 0.4) is 0 Å². The summed E-state index contributed by atoms with van der Waals surface area (Å²) in [7, 11) is 0. The summed E-state index contributed by atoms with van der Waals surface area (Å²) in [6.45, 7) is 2.22. The number of rotatable bonds is 4. The second-order valence-corrected chi connectivity index (χ2v) is 14.8. The van der Waals surface area contributed by atoms with Crippen LogP contribution in [0.2, 0.25) is 0 Å². The Labute approximate surface area is 342 Å². The topological polar surface area (TPSA) is 303 Å². The van der Waals surface area contributed by atoms with Crippen molar-refractivity contribution in [1.82, 2.24) is 57.7 Å². The van der Waals surface area contributed by atoms with Crippen molar-refractivity contribution in [3.05, 3.63) is 0 Å². The lowest BCUT2D eigenvalue weighted by molar-refractivity contribution is -0.142. The number of fused-ring (bicyclic) bond motifs is 1. The van der Waals surface area contributed by atoms with Crippen molar-refractivity contribution in [1.29, 1.82) is 0 Å². The minimum Gasteiger partial charge on any atom is -0.354 e. The minimum absolute atomic E-state index is 0.0236. The summed E-state index contributed by atoms with van der Waals surface area (Å²) in [5, 5.41) is 22.1. The molecule has 2 aliphatic heterocycles. The fourth-order valence-electron chi connectivity index (χ4n) is 7.34. The lowest BCUT2D eigenvalue weighted by atomic mass is 9.76. The number of carbonyl (C=O) groups is 11. The van der Waals surface area contributed by atoms with Gasteiger partial charge in [0.15, 0.2) is 0 Å². The van der Waals surface area contributed by atoms with Crippen molar-refractivity contribution in [3.63, 3.8) is 0 Å². The maximum absolute atomic E-state index is 14.0. The SMILES string of the molecule is CCCN1CC(=O)NCC(=O)NCC(=O)NCC(=O)NCC(=O)NCC(=O)NCC(=O)N2CCCC2C(=O)NC2(CCCC2[C@@H](C)CC)C(=O)NCC(=O)NCCC1=O. The standard InChI is InChI=1S/C37H59N11O11/c1-4-13-47-22-32(55)43-19-30(53)41-17-28(51)39-15-27(50)40-16-29(52)42-18-31(54)44-21-34(57)48-14-7-9-25(48)35(58)46-37(11-6-8-24(37)23(3)5-2)36(59)45-20-26(49)38-12-10-33(47)56/h23-25H,4-22H2,1-3H3,(H,38,49)(H,39,51)(H,40,50)(H,41,53)(H,42,52)(H,43,55)(H,44,54)(H,45,59)(H,46,58)/t23-,24?,25?,37?/m0/s1. The molecule has 0 aromatic rings. The summed E-state index contributed by atoms with van der Waals surface area (Å²) in [4.78, 5) is 143. The molecule has 3 unspecified atom stereocenters. The molecule has 0 aromatic carbocycles. The van der Waals surface area contributed by atoms with E-state index in [4.69, 9.17) is 0 Å². The molecule has 9 N–H and O–H groups in total. The zero-order chi connectivity index (χ0) is 43.5. The zero-order valence-electron chi connectivity index (χ0n) is 34.1. The molecular weight excluding hydrogens is 774 g/mol. The van der Waals surface area contributed by atoms with Crippen LogP contribution in [-0.2, 0) is 52.7 Å². The van der Waals surface area contributed by atoms with E-state index in [-0.39, 0.29) is 44.4 Å². The third kappa shape index (κ3) is 14.8. The lowest BCUT2D eigenvalue weighted by Crippen LogP contribution is -2.65. The summed E-state index contributed by atoms with van der Waals surface area (Å²) < 4.78 is 0. The van der Waals surface area contributed by atoms with Gasteiger partial charge in [-0.3, -0.25) is 52.7 Å². The van der Waals surface area contributed by atoms with Gasteiger partial charge in [0.1, 0.15) is 11.6 Å². The second-order valence-electron chi connectivity index (χ2n) is 14.8. The zero-order valence-corrected chi connectivity index (χ0v) is 34.1. The van der Waals surface area contributed by atoms with Crippen molar-refractivity contribution >= 4 is 65.0 Å². The van der Waals surface area contributed by atoms with Crippen molar-refractivity contribution in [2.45, 2.75) is 83.7 Å². The van der Waals surface area contributed by atoms with Gasteiger partial charge in [0.25, 0.3) is 0 Å². The molecule has 4 atom stereocenters. The van der Waals surface area contributed by atoms with Gasteiger partial charge in [-0.2, -0.15) is 0 Å². The number of amides is 11. The molecule has 1 saturated carbocycles. The largest absolute Gasteiger partial charge is 0.354 e. The van der Waals surface area contributed by atoms with Crippen LogP contribution >= 0.6 is 0 Å². The number of nitrogens with one attached hydrogen (secondary N) is 9.